The maximum Gasteiger partial charge on any atom is 0.315 e. The molecule has 3 heterocycles. The third-order valence-electron chi connectivity index (χ3n) is 4.74. The molecule has 0 bridgehead atoms. The van der Waals surface area contributed by atoms with E-state index in [1.54, 1.807) is 0 Å². The summed E-state index contributed by atoms with van der Waals surface area (Å²) in [6.45, 7) is 2.21. The van der Waals surface area contributed by atoms with Crippen molar-refractivity contribution in [2.75, 3.05) is 24.6 Å². The predicted molar refractivity (Wildman–Crippen MR) is 76.3 cm³/mol. The number of urea groups is 1. The van der Waals surface area contributed by atoms with Gasteiger partial charge in [0, 0.05) is 24.7 Å². The van der Waals surface area contributed by atoms with Crippen molar-refractivity contribution in [3.63, 3.8) is 0 Å². The van der Waals surface area contributed by atoms with Crippen LogP contribution in [0, 0.1) is 0 Å². The van der Waals surface area contributed by atoms with Gasteiger partial charge in [0.1, 0.15) is 0 Å². The summed E-state index contributed by atoms with van der Waals surface area (Å²) < 4.78 is 22.8. The second kappa shape index (κ2) is 5.52. The highest BCUT2D eigenvalue weighted by Gasteiger charge is 2.37. The molecule has 0 spiro atoms. The molecular formula is C13H23N3O3S. The molecule has 2 N–H and O–H groups in total. The molecule has 3 aliphatic rings. The van der Waals surface area contributed by atoms with E-state index in [0.29, 0.717) is 12.5 Å². The average molecular weight is 301 g/mol. The molecule has 0 aliphatic carbocycles. The van der Waals surface area contributed by atoms with E-state index in [1.165, 1.54) is 12.8 Å². The lowest BCUT2D eigenvalue weighted by molar-refractivity contribution is 0.178. The van der Waals surface area contributed by atoms with Crippen molar-refractivity contribution in [1.29, 1.82) is 0 Å². The number of carbonyl (C=O) groups is 1. The molecule has 114 valence electrons. The number of nitrogens with one attached hydrogen (secondary N) is 2. The predicted octanol–water partition coefficient (Wildman–Crippen LogP) is 0.0995. The first-order chi connectivity index (χ1) is 9.53. The fourth-order valence-electron chi connectivity index (χ4n) is 3.72. The maximum atomic E-state index is 12.0. The molecule has 7 heteroatoms. The van der Waals surface area contributed by atoms with Crippen LogP contribution < -0.4 is 10.6 Å². The molecule has 2 amide bonds. The van der Waals surface area contributed by atoms with Crippen LogP contribution in [-0.2, 0) is 9.84 Å². The van der Waals surface area contributed by atoms with Crippen molar-refractivity contribution in [3.05, 3.63) is 0 Å². The van der Waals surface area contributed by atoms with Crippen LogP contribution in [0.5, 0.6) is 0 Å². The van der Waals surface area contributed by atoms with Crippen LogP contribution in [0.25, 0.3) is 0 Å². The summed E-state index contributed by atoms with van der Waals surface area (Å²) >= 11 is 0. The lowest BCUT2D eigenvalue weighted by Crippen LogP contribution is -2.51. The molecule has 0 aromatic carbocycles. The van der Waals surface area contributed by atoms with Gasteiger partial charge in [-0.3, -0.25) is 4.90 Å². The molecule has 3 saturated heterocycles. The van der Waals surface area contributed by atoms with Crippen LogP contribution in [0.15, 0.2) is 0 Å². The minimum absolute atomic E-state index is 0.0840. The van der Waals surface area contributed by atoms with E-state index in [9.17, 15) is 13.2 Å². The van der Waals surface area contributed by atoms with Gasteiger partial charge in [-0.15, -0.1) is 0 Å². The van der Waals surface area contributed by atoms with E-state index in [4.69, 9.17) is 0 Å². The van der Waals surface area contributed by atoms with Gasteiger partial charge in [0.25, 0.3) is 0 Å². The van der Waals surface area contributed by atoms with E-state index in [-0.39, 0.29) is 29.6 Å². The zero-order valence-electron chi connectivity index (χ0n) is 11.7. The molecule has 0 saturated carbocycles. The Morgan fingerprint density at radius 2 is 1.90 bits per heavy atom. The van der Waals surface area contributed by atoms with Crippen LogP contribution in [0.1, 0.15) is 32.1 Å². The summed E-state index contributed by atoms with van der Waals surface area (Å²) in [5.74, 6) is 0.276. The zero-order chi connectivity index (χ0) is 14.2. The molecule has 20 heavy (non-hydrogen) atoms. The maximum absolute atomic E-state index is 12.0. The minimum Gasteiger partial charge on any atom is -0.334 e. The Bertz CT molecular complexity index is 479. The molecule has 3 aliphatic heterocycles. The first-order valence-electron chi connectivity index (χ1n) is 7.55. The Morgan fingerprint density at radius 1 is 1.05 bits per heavy atom. The van der Waals surface area contributed by atoms with Crippen molar-refractivity contribution in [3.8, 4) is 0 Å². The monoisotopic (exact) mass is 301 g/mol. The molecule has 0 unspecified atom stereocenters. The summed E-state index contributed by atoms with van der Waals surface area (Å²) in [7, 11) is -2.94. The number of fused-ring (bicyclic) bond motifs is 1. The molecule has 0 aromatic heterocycles. The minimum atomic E-state index is -2.94. The molecule has 3 fully saturated rings. The van der Waals surface area contributed by atoms with Crippen LogP contribution in [0.2, 0.25) is 0 Å². The fraction of sp³-hybridized carbons (Fsp3) is 0.923. The number of rotatable bonds is 2. The van der Waals surface area contributed by atoms with Gasteiger partial charge in [0.05, 0.1) is 11.5 Å². The van der Waals surface area contributed by atoms with Crippen molar-refractivity contribution >= 4 is 15.9 Å². The number of carbonyl (C=O) groups excluding carboxylic acids is 1. The molecule has 6 nitrogen and oxygen atoms in total. The highest BCUT2D eigenvalue weighted by Crippen LogP contribution is 2.27. The number of sulfone groups is 1. The van der Waals surface area contributed by atoms with Gasteiger partial charge in [-0.05, 0) is 32.2 Å². The Balaban J connectivity index is 1.49. The number of hydrogen-bond donors (Lipinski definition) is 2. The Labute approximate surface area is 120 Å². The van der Waals surface area contributed by atoms with Crippen molar-refractivity contribution in [1.82, 2.24) is 15.5 Å². The highest BCUT2D eigenvalue weighted by atomic mass is 32.2. The fourth-order valence-corrected chi connectivity index (χ4v) is 5.39. The van der Waals surface area contributed by atoms with E-state index in [2.05, 4.69) is 15.5 Å². The van der Waals surface area contributed by atoms with Gasteiger partial charge in [-0.2, -0.15) is 0 Å². The van der Waals surface area contributed by atoms with E-state index in [0.717, 1.165) is 25.9 Å². The standard InChI is InChI=1S/C13H23N3O3S/c17-13(14-10-5-8-20(18,19)9-10)15-11-4-7-16-6-2-1-3-12(11)16/h10-12H,1-9H2,(H2,14,15,17)/t10-,11-,12+/m1/s1. The van der Waals surface area contributed by atoms with Crippen LogP contribution in [-0.4, -0.2) is 62.1 Å². The van der Waals surface area contributed by atoms with Gasteiger partial charge in [-0.25, -0.2) is 13.2 Å². The second-order valence-corrected chi connectivity index (χ2v) is 8.44. The lowest BCUT2D eigenvalue weighted by Gasteiger charge is -2.32. The normalized spacial score (nSPS) is 36.5. The summed E-state index contributed by atoms with van der Waals surface area (Å²) in [6, 6.07) is 0.267. The van der Waals surface area contributed by atoms with Gasteiger partial charge in [0.15, 0.2) is 9.84 Å². The van der Waals surface area contributed by atoms with Gasteiger partial charge < -0.3 is 10.6 Å². The summed E-state index contributed by atoms with van der Waals surface area (Å²) in [4.78, 5) is 14.5. The lowest BCUT2D eigenvalue weighted by atomic mass is 9.99. The number of amides is 2. The largest absolute Gasteiger partial charge is 0.334 e. The van der Waals surface area contributed by atoms with Crippen LogP contribution in [0.3, 0.4) is 0 Å². The summed E-state index contributed by atoms with van der Waals surface area (Å²) in [6.07, 6.45) is 5.19. The van der Waals surface area contributed by atoms with Gasteiger partial charge >= 0.3 is 6.03 Å². The van der Waals surface area contributed by atoms with E-state index in [1.807, 2.05) is 0 Å². The van der Waals surface area contributed by atoms with E-state index < -0.39 is 9.84 Å². The van der Waals surface area contributed by atoms with E-state index >= 15 is 0 Å². The Kier molecular flexibility index (Phi) is 3.90. The number of nitrogens with zero attached hydrogens (tertiary/aromatic N) is 1. The average Bonchev–Trinajstić information content (AvgIpc) is 2.94. The quantitative estimate of drug-likeness (QED) is 0.758. The summed E-state index contributed by atoms with van der Waals surface area (Å²) in [5, 5.41) is 5.85. The highest BCUT2D eigenvalue weighted by molar-refractivity contribution is 7.91. The van der Waals surface area contributed by atoms with Crippen molar-refractivity contribution in [2.45, 2.75) is 50.2 Å². The van der Waals surface area contributed by atoms with Gasteiger partial charge in [0.2, 0.25) is 0 Å². The first-order valence-corrected chi connectivity index (χ1v) is 9.37. The SMILES string of the molecule is O=C(N[C@@H]1CCS(=O)(=O)C1)N[C@@H]1CCN2CCCC[C@@H]12. The Hall–Kier alpha value is -0.820. The first kappa shape index (κ1) is 14.1. The van der Waals surface area contributed by atoms with Crippen molar-refractivity contribution in [2.24, 2.45) is 0 Å². The molecule has 0 aromatic rings. The van der Waals surface area contributed by atoms with Crippen molar-refractivity contribution < 1.29 is 13.2 Å². The van der Waals surface area contributed by atoms with Gasteiger partial charge in [-0.1, -0.05) is 6.42 Å². The zero-order valence-corrected chi connectivity index (χ0v) is 12.5. The molecule has 3 rings (SSSR count). The molecule has 0 radical (unpaired) electrons. The second-order valence-electron chi connectivity index (χ2n) is 6.21. The topological polar surface area (TPSA) is 78.5 Å². The molecule has 3 atom stereocenters. The van der Waals surface area contributed by atoms with Crippen LogP contribution >= 0.6 is 0 Å². The third-order valence-corrected chi connectivity index (χ3v) is 6.51. The van der Waals surface area contributed by atoms with Crippen LogP contribution in [0.4, 0.5) is 4.79 Å². The number of hydrogen-bond acceptors (Lipinski definition) is 4. The number of piperidine rings is 1. The third kappa shape index (κ3) is 3.09. The molecular weight excluding hydrogens is 278 g/mol. The Morgan fingerprint density at radius 3 is 2.65 bits per heavy atom. The smallest absolute Gasteiger partial charge is 0.315 e. The summed E-state index contributed by atoms with van der Waals surface area (Å²) in [5.41, 5.74) is 0.